The molecule has 0 bridgehead atoms. The van der Waals surface area contributed by atoms with Crippen LogP contribution in [0.3, 0.4) is 0 Å². The normalized spacial score (nSPS) is 14.1. The summed E-state index contributed by atoms with van der Waals surface area (Å²) in [4.78, 5) is 0. The van der Waals surface area contributed by atoms with Gasteiger partial charge in [0.05, 0.1) is 18.8 Å². The average Bonchev–Trinajstić information content (AvgIpc) is 2.48. The van der Waals surface area contributed by atoms with Gasteiger partial charge < -0.3 is 14.2 Å². The fourth-order valence-corrected chi connectivity index (χ4v) is 1.46. The molecule has 1 rings (SSSR count). The Morgan fingerprint density at radius 2 is 1.38 bits per heavy atom. The Morgan fingerprint density at radius 3 is 1.86 bits per heavy atom. The molecule has 0 aromatic heterocycles. The first-order valence-electron chi connectivity index (χ1n) is 6.39. The molecule has 0 spiro atoms. The van der Waals surface area contributed by atoms with Crippen LogP contribution in [-0.2, 0) is 9.47 Å². The summed E-state index contributed by atoms with van der Waals surface area (Å²) in [5.41, 5.74) is -0.726. The molecule has 1 aromatic carbocycles. The van der Waals surface area contributed by atoms with E-state index in [1.165, 1.54) is 7.11 Å². The Morgan fingerprint density at radius 1 is 0.857 bits per heavy atom. The minimum absolute atomic E-state index is 0.157. The highest BCUT2D eigenvalue weighted by Crippen LogP contribution is 2.29. The molecule has 0 aliphatic heterocycles. The van der Waals surface area contributed by atoms with Crippen LogP contribution in [0.2, 0.25) is 0 Å². The predicted octanol–water partition coefficient (Wildman–Crippen LogP) is 3.37. The zero-order valence-corrected chi connectivity index (χ0v) is 12.3. The van der Waals surface area contributed by atoms with Gasteiger partial charge in [-0.15, -0.1) is 0 Å². The van der Waals surface area contributed by atoms with Crippen LogP contribution in [-0.4, -0.2) is 32.5 Å². The van der Waals surface area contributed by atoms with Crippen molar-refractivity contribution < 1.29 is 31.8 Å². The van der Waals surface area contributed by atoms with Crippen LogP contribution < -0.4 is 4.74 Å². The van der Waals surface area contributed by atoms with Gasteiger partial charge in [-0.3, -0.25) is 0 Å². The molecule has 3 nitrogen and oxygen atoms in total. The Balaban J connectivity index is 2.72. The van der Waals surface area contributed by atoms with Crippen LogP contribution in [0, 0.1) is 30.2 Å². The first kappa shape index (κ1) is 17.7. The fourth-order valence-electron chi connectivity index (χ4n) is 1.46. The minimum Gasteiger partial charge on any atom is -0.485 e. The lowest BCUT2D eigenvalue weighted by Gasteiger charge is -2.17. The van der Waals surface area contributed by atoms with Crippen molar-refractivity contribution in [1.82, 2.24) is 0 Å². The second-order valence-electron chi connectivity index (χ2n) is 4.71. The van der Waals surface area contributed by atoms with Crippen LogP contribution >= 0.6 is 0 Å². The van der Waals surface area contributed by atoms with Gasteiger partial charge in [0.15, 0.2) is 17.4 Å². The predicted molar refractivity (Wildman–Crippen MR) is 68.4 cm³/mol. The van der Waals surface area contributed by atoms with Crippen LogP contribution in [0.15, 0.2) is 0 Å². The molecule has 0 aliphatic carbocycles. The Hall–Kier alpha value is -1.34. The quantitative estimate of drug-likeness (QED) is 0.571. The van der Waals surface area contributed by atoms with Crippen LogP contribution in [0.1, 0.15) is 19.4 Å². The number of hydrogen-bond donors (Lipinski definition) is 0. The monoisotopic (exact) mass is 310 g/mol. The zero-order valence-electron chi connectivity index (χ0n) is 12.3. The van der Waals surface area contributed by atoms with Gasteiger partial charge in [-0.1, -0.05) is 0 Å². The highest BCUT2D eigenvalue weighted by molar-refractivity contribution is 5.33. The molecule has 0 heterocycles. The molecular weight excluding hydrogens is 292 g/mol. The summed E-state index contributed by atoms with van der Waals surface area (Å²) in [7, 11) is 1.51. The molecule has 0 saturated carbocycles. The number of rotatable bonds is 7. The van der Waals surface area contributed by atoms with Crippen LogP contribution in [0.4, 0.5) is 17.6 Å². The average molecular weight is 310 g/mol. The highest BCUT2D eigenvalue weighted by Gasteiger charge is 2.24. The number of hydrogen-bond acceptors (Lipinski definition) is 3. The van der Waals surface area contributed by atoms with Gasteiger partial charge in [-0.2, -0.15) is 8.78 Å². The molecule has 0 radical (unpaired) electrons. The van der Waals surface area contributed by atoms with Crippen molar-refractivity contribution in [3.05, 3.63) is 28.8 Å². The molecule has 21 heavy (non-hydrogen) atoms. The maximum atomic E-state index is 13.6. The number of ether oxygens (including phenoxy) is 3. The largest absolute Gasteiger partial charge is 0.485 e. The summed E-state index contributed by atoms with van der Waals surface area (Å²) in [6.45, 7) is 4.31. The van der Waals surface area contributed by atoms with Gasteiger partial charge >= 0.3 is 0 Å². The van der Waals surface area contributed by atoms with Gasteiger partial charge in [0, 0.05) is 12.7 Å². The van der Waals surface area contributed by atoms with Crippen molar-refractivity contribution in [3.63, 3.8) is 0 Å². The minimum atomic E-state index is -1.55. The molecule has 0 N–H and O–H groups in total. The van der Waals surface area contributed by atoms with E-state index in [0.29, 0.717) is 0 Å². The smallest absolute Gasteiger partial charge is 0.204 e. The van der Waals surface area contributed by atoms with E-state index < -0.39 is 40.7 Å². The van der Waals surface area contributed by atoms with Crippen molar-refractivity contribution in [2.45, 2.75) is 33.0 Å². The molecule has 7 heteroatoms. The van der Waals surface area contributed by atoms with E-state index in [9.17, 15) is 17.6 Å². The summed E-state index contributed by atoms with van der Waals surface area (Å²) in [6.07, 6.45) is -0.691. The van der Waals surface area contributed by atoms with Gasteiger partial charge in [0.1, 0.15) is 6.61 Å². The SMILES string of the molecule is COC(C)COC(C)COc1c(F)c(F)c(C)c(F)c1F. The second kappa shape index (κ2) is 7.61. The molecule has 0 amide bonds. The molecule has 0 saturated heterocycles. The van der Waals surface area contributed by atoms with Gasteiger partial charge in [-0.25, -0.2) is 8.78 Å². The van der Waals surface area contributed by atoms with E-state index >= 15 is 0 Å². The van der Waals surface area contributed by atoms with Gasteiger partial charge in [0.2, 0.25) is 11.6 Å². The third kappa shape index (κ3) is 4.31. The Kier molecular flexibility index (Phi) is 6.42. The lowest BCUT2D eigenvalue weighted by molar-refractivity contribution is -0.0286. The maximum absolute atomic E-state index is 13.6. The summed E-state index contributed by atoms with van der Waals surface area (Å²) in [5.74, 6) is -7.12. The Labute approximate surface area is 120 Å². The number of halogens is 4. The molecule has 120 valence electrons. The standard InChI is InChI=1S/C14H18F4O3/c1-7(19-4)5-20-8(2)6-21-14-12(17)10(15)9(3)11(16)13(14)18/h7-8H,5-6H2,1-4H3. The van der Waals surface area contributed by atoms with Crippen molar-refractivity contribution in [1.29, 1.82) is 0 Å². The fraction of sp³-hybridized carbons (Fsp3) is 0.571. The third-order valence-electron chi connectivity index (χ3n) is 2.92. The van der Waals surface area contributed by atoms with Crippen LogP contribution in [0.25, 0.3) is 0 Å². The van der Waals surface area contributed by atoms with Crippen molar-refractivity contribution in [2.24, 2.45) is 0 Å². The van der Waals surface area contributed by atoms with Crippen LogP contribution in [0.5, 0.6) is 5.75 Å². The van der Waals surface area contributed by atoms with Crippen molar-refractivity contribution in [2.75, 3.05) is 20.3 Å². The summed E-state index contributed by atoms with van der Waals surface area (Å²) >= 11 is 0. The first-order valence-corrected chi connectivity index (χ1v) is 6.39. The van der Waals surface area contributed by atoms with E-state index in [4.69, 9.17) is 14.2 Å². The molecular formula is C14H18F4O3. The second-order valence-corrected chi connectivity index (χ2v) is 4.71. The summed E-state index contributed by atoms with van der Waals surface area (Å²) < 4.78 is 68.9. The Bertz CT molecular complexity index is 465. The molecule has 0 fully saturated rings. The van der Waals surface area contributed by atoms with E-state index in [-0.39, 0.29) is 19.3 Å². The van der Waals surface area contributed by atoms with Crippen molar-refractivity contribution in [3.8, 4) is 5.75 Å². The van der Waals surface area contributed by atoms with E-state index in [0.717, 1.165) is 6.92 Å². The summed E-state index contributed by atoms with van der Waals surface area (Å²) in [6, 6.07) is 0. The zero-order chi connectivity index (χ0) is 16.2. The lowest BCUT2D eigenvalue weighted by atomic mass is 10.2. The molecule has 2 atom stereocenters. The topological polar surface area (TPSA) is 27.7 Å². The van der Waals surface area contributed by atoms with E-state index in [1.54, 1.807) is 13.8 Å². The molecule has 0 aliphatic rings. The number of benzene rings is 1. The molecule has 2 unspecified atom stereocenters. The van der Waals surface area contributed by atoms with E-state index in [1.807, 2.05) is 0 Å². The van der Waals surface area contributed by atoms with E-state index in [2.05, 4.69) is 0 Å². The third-order valence-corrected chi connectivity index (χ3v) is 2.92. The summed E-state index contributed by atoms with van der Waals surface area (Å²) in [5, 5.41) is 0. The van der Waals surface area contributed by atoms with Gasteiger partial charge in [0.25, 0.3) is 0 Å². The maximum Gasteiger partial charge on any atom is 0.204 e. The molecule has 1 aromatic rings. The number of methoxy groups -OCH3 is 1. The highest BCUT2D eigenvalue weighted by atomic mass is 19.2. The van der Waals surface area contributed by atoms with Gasteiger partial charge in [-0.05, 0) is 20.8 Å². The van der Waals surface area contributed by atoms with Crippen molar-refractivity contribution >= 4 is 0 Å². The first-order chi connectivity index (χ1) is 9.79. The lowest BCUT2D eigenvalue weighted by Crippen LogP contribution is -2.24.